The topological polar surface area (TPSA) is 237 Å². The van der Waals surface area contributed by atoms with Gasteiger partial charge in [-0.3, -0.25) is 37.3 Å². The van der Waals surface area contributed by atoms with Crippen molar-refractivity contribution in [3.63, 3.8) is 0 Å². The molecule has 0 aromatic heterocycles. The number of rotatable bonds is 74. The van der Waals surface area contributed by atoms with E-state index in [4.69, 9.17) is 37.0 Å². The highest BCUT2D eigenvalue weighted by molar-refractivity contribution is 7.47. The Labute approximate surface area is 664 Å². The van der Waals surface area contributed by atoms with Crippen LogP contribution in [0.1, 0.15) is 272 Å². The molecule has 0 fully saturated rings. The second-order valence-electron chi connectivity index (χ2n) is 26.2. The van der Waals surface area contributed by atoms with Gasteiger partial charge in [0, 0.05) is 25.7 Å². The first-order chi connectivity index (χ1) is 53.7. The largest absolute Gasteiger partial charge is 0.472 e. The predicted octanol–water partition coefficient (Wildman–Crippen LogP) is 24.4. The fourth-order valence-electron chi connectivity index (χ4n) is 9.87. The summed E-state index contributed by atoms with van der Waals surface area (Å²) < 4.78 is 68.6. The maximum atomic E-state index is 13.1. The molecule has 0 rings (SSSR count). The number of phosphoric acid groups is 2. The number of phosphoric ester groups is 2. The summed E-state index contributed by atoms with van der Waals surface area (Å²) >= 11 is 0. The average molecular weight is 1570 g/mol. The average Bonchev–Trinajstić information content (AvgIpc) is 0.900. The third-order valence-corrected chi connectivity index (χ3v) is 17.8. The Morgan fingerprint density at radius 1 is 0.255 bits per heavy atom. The molecule has 0 aromatic carbocycles. The van der Waals surface area contributed by atoms with Crippen LogP contribution < -0.4 is 0 Å². The molecular formula is C91H142O17P2. The summed E-state index contributed by atoms with van der Waals surface area (Å²) in [6.45, 7) is 4.20. The van der Waals surface area contributed by atoms with Gasteiger partial charge in [-0.25, -0.2) is 9.13 Å². The molecule has 0 heterocycles. The van der Waals surface area contributed by atoms with Crippen LogP contribution in [0.2, 0.25) is 0 Å². The summed E-state index contributed by atoms with van der Waals surface area (Å²) in [5.41, 5.74) is 0. The molecule has 5 atom stereocenters. The summed E-state index contributed by atoms with van der Waals surface area (Å²) in [6, 6.07) is 0. The smallest absolute Gasteiger partial charge is 0.462 e. The number of carbonyl (C=O) groups is 4. The predicted molar refractivity (Wildman–Crippen MR) is 454 cm³/mol. The summed E-state index contributed by atoms with van der Waals surface area (Å²) in [5, 5.41) is 10.7. The zero-order valence-corrected chi connectivity index (χ0v) is 69.4. The molecular weight excluding hydrogens is 1430 g/mol. The van der Waals surface area contributed by atoms with Gasteiger partial charge in [-0.15, -0.1) is 0 Å². The number of allylic oxidation sites excluding steroid dienone is 36. The zero-order chi connectivity index (χ0) is 80.3. The van der Waals surface area contributed by atoms with E-state index < -0.39 is 97.5 Å². The zero-order valence-electron chi connectivity index (χ0n) is 67.6. The standard InChI is InChI=1S/C91H142O17P2/c1-5-9-13-17-21-25-29-33-37-40-42-45-49-52-56-60-64-68-72-76-89(94)102-82-87(108-91(96)78-74-70-66-62-58-54-50-46-43-41-38-34-30-26-22-18-14-10-6-2)84-106-110(99,100)104-80-85(92)79-103-109(97,98)105-83-86(107-90(95)77-73-69-65-61-57-53-47-36-32-28-24-20-16-12-8-4)81-101-88(93)75-71-67-63-59-55-51-48-44-39-35-31-27-23-19-15-11-7-3/h9-16,21-28,33-39,42-43,45-48,51-52,56,59,63-64,68,85-87,92H,5-8,17-20,29-32,40-41,44,49-50,53-55,57-58,60-62,65-67,69-84H2,1-4H3,(H,97,98)(H,99,100)/b13-9-,14-10-,15-11-,16-12-,25-21-,26-22-,27-23-,28-24-,37-33-,38-34-,39-35-,45-42-,46-43-,47-36-,51-48-,56-52-,63-59-,68-64-. The van der Waals surface area contributed by atoms with Gasteiger partial charge in [-0.2, -0.15) is 0 Å². The van der Waals surface area contributed by atoms with Crippen LogP contribution in [-0.2, 0) is 65.4 Å². The van der Waals surface area contributed by atoms with Gasteiger partial charge >= 0.3 is 39.5 Å². The van der Waals surface area contributed by atoms with Crippen molar-refractivity contribution in [1.29, 1.82) is 0 Å². The molecule has 17 nitrogen and oxygen atoms in total. The van der Waals surface area contributed by atoms with Gasteiger partial charge in [0.15, 0.2) is 12.2 Å². The van der Waals surface area contributed by atoms with Crippen molar-refractivity contribution in [1.82, 2.24) is 0 Å². The van der Waals surface area contributed by atoms with Gasteiger partial charge in [0.2, 0.25) is 0 Å². The SMILES string of the molecule is CC/C=C\C/C=C\C/C=C\C/C=C\C/C=C\C/C=C\CCC(=O)OCC(COP(=O)(O)OCC(O)COP(=O)(O)OCC(COC(=O)CCC/C=C\C/C=C\C/C=C\C/C=C\C/C=C\CC)OC(=O)CCCCCCC/C=C\C/C=C\C/C=C\CC)OC(=O)CCCCCCCC/C=C\C/C=C\C/C=C\C/C=C\CC. The molecule has 0 radical (unpaired) electrons. The van der Waals surface area contributed by atoms with E-state index in [0.29, 0.717) is 38.5 Å². The van der Waals surface area contributed by atoms with E-state index in [0.717, 1.165) is 180 Å². The molecule has 0 aliphatic rings. The summed E-state index contributed by atoms with van der Waals surface area (Å²) in [6.07, 6.45) is 102. The second-order valence-corrected chi connectivity index (χ2v) is 29.1. The van der Waals surface area contributed by atoms with Crippen LogP contribution in [-0.4, -0.2) is 96.7 Å². The lowest BCUT2D eigenvalue weighted by Gasteiger charge is -2.21. The Balaban J connectivity index is 5.55. The fourth-order valence-corrected chi connectivity index (χ4v) is 11.5. The first-order valence-corrected chi connectivity index (χ1v) is 44.0. The highest BCUT2D eigenvalue weighted by Crippen LogP contribution is 2.45. The van der Waals surface area contributed by atoms with Crippen molar-refractivity contribution in [2.24, 2.45) is 0 Å². The van der Waals surface area contributed by atoms with E-state index in [9.17, 15) is 43.2 Å². The normalized spacial score (nSPS) is 14.9. The van der Waals surface area contributed by atoms with Crippen LogP contribution in [0, 0.1) is 0 Å². The maximum absolute atomic E-state index is 13.1. The van der Waals surface area contributed by atoms with Crippen molar-refractivity contribution < 1.29 is 80.2 Å². The van der Waals surface area contributed by atoms with Gasteiger partial charge in [-0.05, 0) is 173 Å². The summed E-state index contributed by atoms with van der Waals surface area (Å²) in [4.78, 5) is 73.1. The molecule has 0 aliphatic heterocycles. The van der Waals surface area contributed by atoms with Crippen LogP contribution in [0.3, 0.4) is 0 Å². The number of carbonyl (C=O) groups excluding carboxylic acids is 4. The lowest BCUT2D eigenvalue weighted by molar-refractivity contribution is -0.161. The van der Waals surface area contributed by atoms with Gasteiger partial charge in [0.25, 0.3) is 0 Å². The fraction of sp³-hybridized carbons (Fsp3) is 0.560. The summed E-state index contributed by atoms with van der Waals surface area (Å²) in [7, 11) is -10.0. The molecule has 0 saturated carbocycles. The molecule has 0 bridgehead atoms. The van der Waals surface area contributed by atoms with E-state index in [-0.39, 0.29) is 25.7 Å². The van der Waals surface area contributed by atoms with Crippen molar-refractivity contribution in [2.45, 2.75) is 290 Å². The van der Waals surface area contributed by atoms with Crippen LogP contribution in [0.4, 0.5) is 0 Å². The highest BCUT2D eigenvalue weighted by Gasteiger charge is 2.30. The molecule has 0 spiro atoms. The molecule has 3 N–H and O–H groups in total. The quantitative estimate of drug-likeness (QED) is 0.0169. The number of hydrogen-bond acceptors (Lipinski definition) is 15. The van der Waals surface area contributed by atoms with E-state index in [2.05, 4.69) is 216 Å². The Bertz CT molecular complexity index is 2950. The first kappa shape index (κ1) is 103. The van der Waals surface area contributed by atoms with Crippen molar-refractivity contribution in [3.8, 4) is 0 Å². The summed E-state index contributed by atoms with van der Waals surface area (Å²) in [5.74, 6) is -2.40. The van der Waals surface area contributed by atoms with Crippen molar-refractivity contribution in [3.05, 3.63) is 219 Å². The maximum Gasteiger partial charge on any atom is 0.472 e. The molecule has 0 amide bonds. The molecule has 0 aliphatic carbocycles. The second kappa shape index (κ2) is 80.4. The number of aliphatic hydroxyl groups excluding tert-OH is 1. The van der Waals surface area contributed by atoms with Crippen LogP contribution in [0.15, 0.2) is 219 Å². The number of hydrogen-bond donors (Lipinski definition) is 3. The Morgan fingerprint density at radius 3 is 0.764 bits per heavy atom. The Hall–Kier alpha value is -6.62. The minimum Gasteiger partial charge on any atom is -0.462 e. The first-order valence-electron chi connectivity index (χ1n) is 41.0. The van der Waals surface area contributed by atoms with E-state index >= 15 is 0 Å². The molecule has 110 heavy (non-hydrogen) atoms. The van der Waals surface area contributed by atoms with Crippen LogP contribution in [0.5, 0.6) is 0 Å². The number of esters is 4. The number of ether oxygens (including phenoxy) is 4. The van der Waals surface area contributed by atoms with E-state index in [1.165, 1.54) is 0 Å². The van der Waals surface area contributed by atoms with Crippen LogP contribution >= 0.6 is 15.6 Å². The van der Waals surface area contributed by atoms with Crippen LogP contribution in [0.25, 0.3) is 0 Å². The molecule has 5 unspecified atom stereocenters. The lowest BCUT2D eigenvalue weighted by atomic mass is 10.1. The lowest BCUT2D eigenvalue weighted by Crippen LogP contribution is -2.30. The Kier molecular flexibility index (Phi) is 75.6. The minimum absolute atomic E-state index is 0.0220. The van der Waals surface area contributed by atoms with Gasteiger partial charge in [-0.1, -0.05) is 291 Å². The van der Waals surface area contributed by atoms with Gasteiger partial charge in [0.05, 0.1) is 26.4 Å². The van der Waals surface area contributed by atoms with Gasteiger partial charge in [0.1, 0.15) is 19.3 Å². The monoisotopic (exact) mass is 1570 g/mol. The molecule has 19 heteroatoms. The van der Waals surface area contributed by atoms with Crippen molar-refractivity contribution >= 4 is 39.5 Å². The van der Waals surface area contributed by atoms with E-state index in [1.54, 1.807) is 0 Å². The third-order valence-electron chi connectivity index (χ3n) is 15.9. The molecule has 618 valence electrons. The Morgan fingerprint density at radius 2 is 0.473 bits per heavy atom. The molecule has 0 aromatic rings. The highest BCUT2D eigenvalue weighted by atomic mass is 31.2. The number of aliphatic hydroxyl groups is 1. The minimum atomic E-state index is -5.02. The van der Waals surface area contributed by atoms with Crippen molar-refractivity contribution in [2.75, 3.05) is 39.6 Å². The molecule has 0 saturated heterocycles. The van der Waals surface area contributed by atoms with E-state index in [1.807, 2.05) is 30.4 Å². The third kappa shape index (κ3) is 79.5. The number of unbranched alkanes of at least 4 members (excludes halogenated alkanes) is 12. The van der Waals surface area contributed by atoms with Gasteiger partial charge < -0.3 is 33.8 Å².